The largest absolute Gasteiger partial charge is 0.493 e. The molecule has 30 heavy (non-hydrogen) atoms. The van der Waals surface area contributed by atoms with Gasteiger partial charge in [0.1, 0.15) is 0 Å². The maximum Gasteiger partial charge on any atom is 0.263 e. The van der Waals surface area contributed by atoms with E-state index in [0.717, 1.165) is 0 Å². The van der Waals surface area contributed by atoms with E-state index in [0.29, 0.717) is 22.7 Å². The summed E-state index contributed by atoms with van der Waals surface area (Å²) in [6, 6.07) is 12.3. The summed E-state index contributed by atoms with van der Waals surface area (Å²) in [5.74, 6) is 0.212. The highest BCUT2D eigenvalue weighted by atomic mass is 32.2. The van der Waals surface area contributed by atoms with Crippen molar-refractivity contribution in [2.24, 2.45) is 0 Å². The van der Waals surface area contributed by atoms with E-state index < -0.39 is 15.9 Å². The van der Waals surface area contributed by atoms with Gasteiger partial charge in [0.2, 0.25) is 0 Å². The van der Waals surface area contributed by atoms with Crippen LogP contribution in [0.15, 0.2) is 58.9 Å². The Labute approximate surface area is 177 Å². The fourth-order valence-corrected chi connectivity index (χ4v) is 4.15. The SMILES string of the molecule is COc1cc(C#N)ccc1OCC(=O)Nc1ccc(S(=O)(=O)Nc2nccs2)cc1. The van der Waals surface area contributed by atoms with Crippen LogP contribution >= 0.6 is 11.3 Å². The molecule has 0 saturated carbocycles. The smallest absolute Gasteiger partial charge is 0.263 e. The molecule has 11 heteroatoms. The first kappa shape index (κ1) is 21.1. The molecule has 2 N–H and O–H groups in total. The summed E-state index contributed by atoms with van der Waals surface area (Å²) in [5, 5.41) is 13.4. The zero-order valence-corrected chi connectivity index (χ0v) is 17.3. The topological polar surface area (TPSA) is 130 Å². The van der Waals surface area contributed by atoms with Crippen LogP contribution in [0, 0.1) is 11.3 Å². The maximum absolute atomic E-state index is 12.3. The average Bonchev–Trinajstić information content (AvgIpc) is 3.24. The van der Waals surface area contributed by atoms with Crippen molar-refractivity contribution in [2.45, 2.75) is 4.90 Å². The van der Waals surface area contributed by atoms with Crippen LogP contribution in [-0.2, 0) is 14.8 Å². The highest BCUT2D eigenvalue weighted by Gasteiger charge is 2.16. The summed E-state index contributed by atoms with van der Waals surface area (Å²) in [5.41, 5.74) is 0.812. The number of hydrogen-bond donors (Lipinski definition) is 2. The fourth-order valence-electron chi connectivity index (χ4n) is 2.36. The zero-order chi connectivity index (χ0) is 21.6. The molecule has 1 heterocycles. The molecule has 1 amide bonds. The van der Waals surface area contributed by atoms with Crippen LogP contribution in [0.2, 0.25) is 0 Å². The number of ether oxygens (including phenoxy) is 2. The number of nitrogens with one attached hydrogen (secondary N) is 2. The number of benzene rings is 2. The van der Waals surface area contributed by atoms with E-state index in [1.807, 2.05) is 6.07 Å². The van der Waals surface area contributed by atoms with Gasteiger partial charge >= 0.3 is 0 Å². The number of nitriles is 1. The third-order valence-corrected chi connectivity index (χ3v) is 5.93. The number of carbonyl (C=O) groups excluding carboxylic acids is 1. The third kappa shape index (κ3) is 5.25. The van der Waals surface area contributed by atoms with Gasteiger partial charge in [-0.1, -0.05) is 0 Å². The minimum absolute atomic E-state index is 0.0364. The van der Waals surface area contributed by atoms with Gasteiger partial charge in [-0.25, -0.2) is 13.4 Å². The van der Waals surface area contributed by atoms with Gasteiger partial charge in [0.25, 0.3) is 15.9 Å². The van der Waals surface area contributed by atoms with Gasteiger partial charge in [0.15, 0.2) is 23.2 Å². The van der Waals surface area contributed by atoms with Crippen molar-refractivity contribution in [3.8, 4) is 17.6 Å². The van der Waals surface area contributed by atoms with Gasteiger partial charge in [0.05, 0.1) is 23.6 Å². The Hall–Kier alpha value is -3.62. The number of rotatable bonds is 8. The van der Waals surface area contributed by atoms with Crippen LogP contribution in [0.4, 0.5) is 10.8 Å². The van der Waals surface area contributed by atoms with Crippen LogP contribution in [0.1, 0.15) is 5.56 Å². The molecule has 0 saturated heterocycles. The number of aromatic nitrogens is 1. The quantitative estimate of drug-likeness (QED) is 0.546. The van der Waals surface area contributed by atoms with Gasteiger partial charge < -0.3 is 14.8 Å². The molecule has 0 aliphatic heterocycles. The first-order valence-electron chi connectivity index (χ1n) is 8.44. The van der Waals surface area contributed by atoms with Crippen LogP contribution in [-0.4, -0.2) is 33.0 Å². The standard InChI is InChI=1S/C19H16N4O5S2/c1-27-17-10-13(11-20)2-7-16(17)28-12-18(24)22-14-3-5-15(6-4-14)30(25,26)23-19-21-8-9-29-19/h2-10H,12H2,1H3,(H,21,23)(H,22,24). The summed E-state index contributed by atoms with van der Waals surface area (Å²) < 4.78 is 37.6. The minimum Gasteiger partial charge on any atom is -0.493 e. The first-order chi connectivity index (χ1) is 14.4. The van der Waals surface area contributed by atoms with Crippen molar-refractivity contribution in [3.63, 3.8) is 0 Å². The summed E-state index contributed by atoms with van der Waals surface area (Å²) in [7, 11) is -2.33. The lowest BCUT2D eigenvalue weighted by Gasteiger charge is -2.11. The van der Waals surface area contributed by atoms with Gasteiger partial charge in [-0.2, -0.15) is 5.26 Å². The lowest BCUT2D eigenvalue weighted by molar-refractivity contribution is -0.118. The summed E-state index contributed by atoms with van der Waals surface area (Å²) in [4.78, 5) is 16.1. The summed E-state index contributed by atoms with van der Waals surface area (Å²) >= 11 is 1.17. The summed E-state index contributed by atoms with van der Waals surface area (Å²) in [6.45, 7) is -0.298. The van der Waals surface area contributed by atoms with Crippen molar-refractivity contribution < 1.29 is 22.7 Å². The number of thiazole rings is 1. The van der Waals surface area contributed by atoms with Crippen molar-refractivity contribution in [1.29, 1.82) is 5.26 Å². The molecule has 2 aromatic carbocycles. The van der Waals surface area contributed by atoms with Crippen LogP contribution in [0.25, 0.3) is 0 Å². The Bertz CT molecular complexity index is 1170. The molecule has 0 unspecified atom stereocenters. The van der Waals surface area contributed by atoms with Crippen molar-refractivity contribution in [2.75, 3.05) is 23.8 Å². The molecular weight excluding hydrogens is 428 g/mol. The second kappa shape index (κ2) is 9.25. The molecule has 0 aliphatic carbocycles. The van der Waals surface area contributed by atoms with E-state index in [1.165, 1.54) is 55.0 Å². The molecular formula is C19H16N4O5S2. The van der Waals surface area contributed by atoms with E-state index in [2.05, 4.69) is 15.0 Å². The number of nitrogens with zero attached hydrogens (tertiary/aromatic N) is 2. The Morgan fingerprint density at radius 3 is 2.60 bits per heavy atom. The first-order valence-corrected chi connectivity index (χ1v) is 10.8. The molecule has 0 aliphatic rings. The van der Waals surface area contributed by atoms with Crippen molar-refractivity contribution in [3.05, 3.63) is 59.6 Å². The molecule has 9 nitrogen and oxygen atoms in total. The number of sulfonamides is 1. The van der Waals surface area contributed by atoms with E-state index in [4.69, 9.17) is 14.7 Å². The van der Waals surface area contributed by atoms with Crippen LogP contribution < -0.4 is 19.5 Å². The number of carbonyl (C=O) groups is 1. The van der Waals surface area contributed by atoms with Gasteiger partial charge in [0, 0.05) is 23.3 Å². The van der Waals surface area contributed by atoms with Crippen LogP contribution in [0.3, 0.4) is 0 Å². The number of anilines is 2. The Morgan fingerprint density at radius 1 is 1.20 bits per heavy atom. The Kier molecular flexibility index (Phi) is 6.51. The van der Waals surface area contributed by atoms with E-state index >= 15 is 0 Å². The van der Waals surface area contributed by atoms with E-state index in [-0.39, 0.29) is 16.6 Å². The molecule has 3 rings (SSSR count). The van der Waals surface area contributed by atoms with Gasteiger partial charge in [-0.15, -0.1) is 11.3 Å². The van der Waals surface area contributed by atoms with E-state index in [9.17, 15) is 13.2 Å². The lowest BCUT2D eigenvalue weighted by Crippen LogP contribution is -2.20. The number of methoxy groups -OCH3 is 1. The maximum atomic E-state index is 12.3. The van der Waals surface area contributed by atoms with Crippen molar-refractivity contribution >= 4 is 38.1 Å². The monoisotopic (exact) mass is 444 g/mol. The number of hydrogen-bond acceptors (Lipinski definition) is 8. The summed E-state index contributed by atoms with van der Waals surface area (Å²) in [6.07, 6.45) is 1.50. The lowest BCUT2D eigenvalue weighted by atomic mass is 10.2. The molecule has 0 radical (unpaired) electrons. The normalized spacial score (nSPS) is 10.7. The van der Waals surface area contributed by atoms with E-state index in [1.54, 1.807) is 17.5 Å². The molecule has 0 atom stereocenters. The Morgan fingerprint density at radius 2 is 1.97 bits per heavy atom. The highest BCUT2D eigenvalue weighted by Crippen LogP contribution is 2.27. The predicted octanol–water partition coefficient (Wildman–Crippen LogP) is 2.84. The molecule has 0 fully saturated rings. The zero-order valence-electron chi connectivity index (χ0n) is 15.7. The second-order valence-electron chi connectivity index (χ2n) is 5.78. The minimum atomic E-state index is -3.76. The molecule has 154 valence electrons. The number of amides is 1. The molecule has 0 bridgehead atoms. The molecule has 1 aromatic heterocycles. The second-order valence-corrected chi connectivity index (χ2v) is 8.36. The average molecular weight is 444 g/mol. The third-order valence-electron chi connectivity index (χ3n) is 3.75. The Balaban J connectivity index is 1.59. The fraction of sp³-hybridized carbons (Fsp3) is 0.105. The van der Waals surface area contributed by atoms with Gasteiger partial charge in [-0.3, -0.25) is 9.52 Å². The molecule has 0 spiro atoms. The highest BCUT2D eigenvalue weighted by molar-refractivity contribution is 7.93. The van der Waals surface area contributed by atoms with Crippen LogP contribution in [0.5, 0.6) is 11.5 Å². The van der Waals surface area contributed by atoms with Gasteiger partial charge in [-0.05, 0) is 36.4 Å². The predicted molar refractivity (Wildman–Crippen MR) is 111 cm³/mol. The van der Waals surface area contributed by atoms with Crippen molar-refractivity contribution in [1.82, 2.24) is 4.98 Å². The molecule has 3 aromatic rings.